The monoisotopic (exact) mass is 439 g/mol. The fourth-order valence-corrected chi connectivity index (χ4v) is 5.08. The number of piperidine rings is 1. The number of nitrogens with one attached hydrogen (secondary N) is 1. The molecule has 0 spiro atoms. The zero-order valence-corrected chi connectivity index (χ0v) is 18.7. The van der Waals surface area contributed by atoms with Crippen LogP contribution in [0.2, 0.25) is 10.0 Å². The van der Waals surface area contributed by atoms with E-state index in [0.29, 0.717) is 16.5 Å². The topological polar surface area (TPSA) is 32.3 Å². The van der Waals surface area contributed by atoms with Crippen molar-refractivity contribution >= 4 is 23.2 Å². The van der Waals surface area contributed by atoms with Crippen LogP contribution in [-0.4, -0.2) is 10.7 Å². The molecule has 0 bridgehead atoms. The number of hydrogen-bond acceptors (Lipinski definition) is 2. The lowest BCUT2D eigenvalue weighted by Gasteiger charge is -2.52. The predicted molar refractivity (Wildman–Crippen MR) is 125 cm³/mol. The lowest BCUT2D eigenvalue weighted by Crippen LogP contribution is -2.58. The summed E-state index contributed by atoms with van der Waals surface area (Å²) in [6.07, 6.45) is 0.603. The van der Waals surface area contributed by atoms with E-state index < -0.39 is 5.60 Å². The Hall–Kier alpha value is -1.84. The Morgan fingerprint density at radius 2 is 1.17 bits per heavy atom. The van der Waals surface area contributed by atoms with E-state index in [1.807, 2.05) is 66.7 Å². The van der Waals surface area contributed by atoms with Crippen LogP contribution in [0.15, 0.2) is 78.9 Å². The van der Waals surface area contributed by atoms with Crippen molar-refractivity contribution < 1.29 is 5.11 Å². The molecule has 3 aromatic rings. The lowest BCUT2D eigenvalue weighted by atomic mass is 9.64. The molecular weight excluding hydrogens is 413 g/mol. The molecule has 0 saturated carbocycles. The normalized spacial score (nSPS) is 29.0. The van der Waals surface area contributed by atoms with Gasteiger partial charge in [-0.15, -0.1) is 0 Å². The molecule has 1 unspecified atom stereocenters. The minimum Gasteiger partial charge on any atom is -0.389 e. The summed E-state index contributed by atoms with van der Waals surface area (Å²) in [4.78, 5) is 0. The molecule has 1 aliphatic heterocycles. The van der Waals surface area contributed by atoms with Gasteiger partial charge in [-0.25, -0.2) is 0 Å². The second-order valence-electron chi connectivity index (χ2n) is 8.46. The first-order chi connectivity index (χ1) is 14.4. The Kier molecular flexibility index (Phi) is 6.22. The Morgan fingerprint density at radius 1 is 0.733 bits per heavy atom. The molecule has 30 heavy (non-hydrogen) atoms. The van der Waals surface area contributed by atoms with Gasteiger partial charge in [0, 0.05) is 40.4 Å². The summed E-state index contributed by atoms with van der Waals surface area (Å²) in [7, 11) is 0. The van der Waals surface area contributed by atoms with E-state index in [2.05, 4.69) is 31.3 Å². The average Bonchev–Trinajstić information content (AvgIpc) is 2.75. The van der Waals surface area contributed by atoms with E-state index in [1.165, 1.54) is 0 Å². The maximum absolute atomic E-state index is 12.1. The molecule has 0 radical (unpaired) electrons. The van der Waals surface area contributed by atoms with Crippen LogP contribution in [-0.2, 0) is 6.42 Å². The summed E-state index contributed by atoms with van der Waals surface area (Å²) in [5.41, 5.74) is 2.51. The molecule has 1 saturated heterocycles. The van der Waals surface area contributed by atoms with E-state index in [4.69, 9.17) is 23.2 Å². The number of hydrogen-bond donors (Lipinski definition) is 2. The van der Waals surface area contributed by atoms with Gasteiger partial charge in [0.2, 0.25) is 0 Å². The summed E-state index contributed by atoms with van der Waals surface area (Å²) in [5, 5.41) is 17.4. The van der Waals surface area contributed by atoms with E-state index in [-0.39, 0.29) is 23.9 Å². The zero-order valence-electron chi connectivity index (χ0n) is 17.2. The molecule has 3 aromatic carbocycles. The van der Waals surface area contributed by atoms with Crippen molar-refractivity contribution in [2.24, 2.45) is 11.8 Å². The number of benzene rings is 3. The van der Waals surface area contributed by atoms with Crippen LogP contribution in [0.25, 0.3) is 0 Å². The van der Waals surface area contributed by atoms with Gasteiger partial charge in [0.15, 0.2) is 0 Å². The third kappa shape index (κ3) is 4.15. The lowest BCUT2D eigenvalue weighted by molar-refractivity contribution is -0.110. The van der Waals surface area contributed by atoms with Crippen molar-refractivity contribution in [2.75, 3.05) is 0 Å². The van der Waals surface area contributed by atoms with Crippen molar-refractivity contribution in [1.29, 1.82) is 0 Å². The van der Waals surface area contributed by atoms with Gasteiger partial charge in [-0.1, -0.05) is 91.6 Å². The number of rotatable bonds is 4. The van der Waals surface area contributed by atoms with Crippen molar-refractivity contribution in [3.05, 3.63) is 106 Å². The van der Waals surface area contributed by atoms with Crippen LogP contribution >= 0.6 is 23.2 Å². The van der Waals surface area contributed by atoms with Gasteiger partial charge in [0.1, 0.15) is 0 Å². The second kappa shape index (κ2) is 8.72. The number of aliphatic hydroxyl groups is 1. The molecule has 5 atom stereocenters. The van der Waals surface area contributed by atoms with Crippen LogP contribution in [0.4, 0.5) is 0 Å². The third-order valence-corrected chi connectivity index (χ3v) is 7.23. The molecule has 2 N–H and O–H groups in total. The van der Waals surface area contributed by atoms with Gasteiger partial charge in [-0.2, -0.15) is 0 Å². The summed E-state index contributed by atoms with van der Waals surface area (Å²) in [5.74, 6) is -0.00476. The molecule has 1 aliphatic rings. The highest BCUT2D eigenvalue weighted by Crippen LogP contribution is 2.48. The molecule has 4 heteroatoms. The van der Waals surface area contributed by atoms with Gasteiger partial charge in [0.25, 0.3) is 0 Å². The SMILES string of the molecule is C[C@@H]1[C@H](c2ccc(Cl)cc2)N[C@H](c2ccc(Cl)cc2)[C@H](C)C1(O)Cc1ccccc1. The van der Waals surface area contributed by atoms with E-state index >= 15 is 0 Å². The zero-order chi connectivity index (χ0) is 21.3. The number of halogens is 2. The molecule has 0 amide bonds. The highest BCUT2D eigenvalue weighted by molar-refractivity contribution is 6.30. The van der Waals surface area contributed by atoms with E-state index in [1.54, 1.807) is 0 Å². The van der Waals surface area contributed by atoms with Gasteiger partial charge in [-0.3, -0.25) is 0 Å². The molecule has 0 aromatic heterocycles. The molecule has 1 fully saturated rings. The second-order valence-corrected chi connectivity index (χ2v) is 9.33. The Bertz CT molecular complexity index is 915. The van der Waals surface area contributed by atoms with Crippen molar-refractivity contribution in [3.8, 4) is 0 Å². The van der Waals surface area contributed by atoms with Crippen LogP contribution in [0.3, 0.4) is 0 Å². The van der Waals surface area contributed by atoms with Gasteiger partial charge < -0.3 is 10.4 Å². The van der Waals surface area contributed by atoms with E-state index in [9.17, 15) is 5.11 Å². The minimum absolute atomic E-state index is 0.00238. The predicted octanol–water partition coefficient (Wildman–Crippen LogP) is 6.63. The smallest absolute Gasteiger partial charge is 0.0774 e. The Morgan fingerprint density at radius 3 is 1.60 bits per heavy atom. The largest absolute Gasteiger partial charge is 0.389 e. The minimum atomic E-state index is -0.888. The van der Waals surface area contributed by atoms with E-state index in [0.717, 1.165) is 16.7 Å². The fourth-order valence-electron chi connectivity index (χ4n) is 4.83. The quantitative estimate of drug-likeness (QED) is 0.478. The molecule has 156 valence electrons. The van der Waals surface area contributed by atoms with Crippen molar-refractivity contribution in [2.45, 2.75) is 38.0 Å². The van der Waals surface area contributed by atoms with Gasteiger partial charge in [0.05, 0.1) is 5.60 Å². The first-order valence-corrected chi connectivity index (χ1v) is 11.2. The van der Waals surface area contributed by atoms with Gasteiger partial charge in [-0.05, 0) is 41.0 Å². The highest BCUT2D eigenvalue weighted by Gasteiger charge is 2.51. The van der Waals surface area contributed by atoms with Crippen LogP contribution in [0.1, 0.15) is 42.6 Å². The fraction of sp³-hybridized carbons (Fsp3) is 0.308. The molecule has 2 nitrogen and oxygen atoms in total. The van der Waals surface area contributed by atoms with Gasteiger partial charge >= 0.3 is 0 Å². The van der Waals surface area contributed by atoms with Crippen molar-refractivity contribution in [1.82, 2.24) is 5.32 Å². The van der Waals surface area contributed by atoms with Crippen LogP contribution in [0, 0.1) is 11.8 Å². The van der Waals surface area contributed by atoms with Crippen LogP contribution < -0.4 is 5.32 Å². The first-order valence-electron chi connectivity index (χ1n) is 10.4. The average molecular weight is 440 g/mol. The first kappa shape index (κ1) is 21.4. The Balaban J connectivity index is 1.76. The molecule has 0 aliphatic carbocycles. The summed E-state index contributed by atoms with van der Waals surface area (Å²) >= 11 is 12.3. The molecule has 4 rings (SSSR count). The standard InChI is InChI=1S/C26H27Cl2NO/c1-17-24(20-8-12-22(27)13-9-20)29-25(21-10-14-23(28)15-11-21)18(2)26(17,30)16-19-6-4-3-5-7-19/h3-15,17-18,24-25,29-30H,16H2,1-2H3/t17-,18+,24-,25+,26?. The highest BCUT2D eigenvalue weighted by atomic mass is 35.5. The Labute approximate surface area is 188 Å². The molecule has 1 heterocycles. The summed E-state index contributed by atoms with van der Waals surface area (Å²) < 4.78 is 0. The molecular formula is C26H27Cl2NO. The maximum Gasteiger partial charge on any atom is 0.0774 e. The third-order valence-electron chi connectivity index (χ3n) is 6.72. The van der Waals surface area contributed by atoms with Crippen molar-refractivity contribution in [3.63, 3.8) is 0 Å². The summed E-state index contributed by atoms with van der Waals surface area (Å²) in [6.45, 7) is 4.29. The van der Waals surface area contributed by atoms with Crippen LogP contribution in [0.5, 0.6) is 0 Å². The maximum atomic E-state index is 12.1. The summed E-state index contributed by atoms with van der Waals surface area (Å²) in [6, 6.07) is 26.1.